The second-order valence-electron chi connectivity index (χ2n) is 6.43. The highest BCUT2D eigenvalue weighted by Gasteiger charge is 2.34. The normalized spacial score (nSPS) is 22.4. The topological polar surface area (TPSA) is 55.9 Å². The molecule has 2 aliphatic rings. The van der Waals surface area contributed by atoms with Crippen LogP contribution in [0.1, 0.15) is 12.0 Å². The van der Waals surface area contributed by atoms with E-state index in [9.17, 15) is 14.0 Å². The first-order valence-corrected chi connectivity index (χ1v) is 8.31. The molecule has 130 valence electrons. The Labute approximate surface area is 141 Å². The fourth-order valence-electron chi connectivity index (χ4n) is 3.24. The Kier molecular flexibility index (Phi) is 4.99. The molecule has 2 heterocycles. The van der Waals surface area contributed by atoms with Crippen molar-refractivity contribution in [1.82, 2.24) is 20.0 Å². The molecule has 0 saturated carbocycles. The molecule has 0 spiro atoms. The van der Waals surface area contributed by atoms with Crippen LogP contribution in [0.3, 0.4) is 0 Å². The quantitative estimate of drug-likeness (QED) is 0.893. The molecular formula is C17H23FN4O2. The van der Waals surface area contributed by atoms with Gasteiger partial charge in [0.15, 0.2) is 0 Å². The molecule has 0 bridgehead atoms. The predicted octanol–water partition coefficient (Wildman–Crippen LogP) is 0.884. The number of carbonyl (C=O) groups excluding carboxylic acids is 2. The number of amides is 3. The summed E-state index contributed by atoms with van der Waals surface area (Å²) in [6.07, 6.45) is 0.844. The smallest absolute Gasteiger partial charge is 0.317 e. The minimum atomic E-state index is -0.458. The Balaban J connectivity index is 1.56. The van der Waals surface area contributed by atoms with Crippen molar-refractivity contribution in [1.29, 1.82) is 0 Å². The van der Waals surface area contributed by atoms with E-state index in [-0.39, 0.29) is 17.8 Å². The molecule has 24 heavy (non-hydrogen) atoms. The van der Waals surface area contributed by atoms with Gasteiger partial charge in [0.05, 0.1) is 6.54 Å². The van der Waals surface area contributed by atoms with Crippen LogP contribution < -0.4 is 5.32 Å². The number of hydrogen-bond acceptors (Lipinski definition) is 3. The molecule has 6 nitrogen and oxygen atoms in total. The molecule has 1 atom stereocenters. The fourth-order valence-corrected chi connectivity index (χ4v) is 3.24. The number of nitrogens with zero attached hydrogens (tertiary/aromatic N) is 3. The van der Waals surface area contributed by atoms with Crippen LogP contribution in [0.15, 0.2) is 24.3 Å². The molecule has 0 radical (unpaired) electrons. The minimum Gasteiger partial charge on any atom is -0.340 e. The third kappa shape index (κ3) is 3.67. The monoisotopic (exact) mass is 334 g/mol. The van der Waals surface area contributed by atoms with Crippen LogP contribution in [0.2, 0.25) is 0 Å². The maximum absolute atomic E-state index is 13.8. The minimum absolute atomic E-state index is 0.0274. The van der Waals surface area contributed by atoms with Gasteiger partial charge in [-0.2, -0.15) is 0 Å². The summed E-state index contributed by atoms with van der Waals surface area (Å²) in [5.74, 6) is -0.216. The van der Waals surface area contributed by atoms with Crippen molar-refractivity contribution in [3.8, 4) is 0 Å². The SMILES string of the molecule is CN1CC(C(=O)N2CCCN(Cc3ccccc3F)CC2)NC1=O. The predicted molar refractivity (Wildman–Crippen MR) is 87.8 cm³/mol. The van der Waals surface area contributed by atoms with Crippen molar-refractivity contribution in [3.63, 3.8) is 0 Å². The van der Waals surface area contributed by atoms with E-state index < -0.39 is 6.04 Å². The van der Waals surface area contributed by atoms with E-state index in [1.165, 1.54) is 11.0 Å². The third-order valence-corrected chi connectivity index (χ3v) is 4.65. The van der Waals surface area contributed by atoms with Gasteiger partial charge in [0, 0.05) is 45.3 Å². The van der Waals surface area contributed by atoms with Crippen molar-refractivity contribution in [3.05, 3.63) is 35.6 Å². The maximum atomic E-state index is 13.8. The van der Waals surface area contributed by atoms with Crippen LogP contribution >= 0.6 is 0 Å². The van der Waals surface area contributed by atoms with Crippen LogP contribution in [0.5, 0.6) is 0 Å². The highest BCUT2D eigenvalue weighted by atomic mass is 19.1. The average molecular weight is 334 g/mol. The van der Waals surface area contributed by atoms with Crippen LogP contribution in [0.25, 0.3) is 0 Å². The lowest BCUT2D eigenvalue weighted by Gasteiger charge is -2.24. The fraction of sp³-hybridized carbons (Fsp3) is 0.529. The molecule has 7 heteroatoms. The van der Waals surface area contributed by atoms with Gasteiger partial charge in [-0.05, 0) is 12.5 Å². The third-order valence-electron chi connectivity index (χ3n) is 4.65. The number of rotatable bonds is 3. The first kappa shape index (κ1) is 16.7. The van der Waals surface area contributed by atoms with E-state index in [0.717, 1.165) is 13.0 Å². The Morgan fingerprint density at radius 3 is 2.75 bits per heavy atom. The second-order valence-corrected chi connectivity index (χ2v) is 6.43. The van der Waals surface area contributed by atoms with Crippen molar-refractivity contribution >= 4 is 11.9 Å². The number of urea groups is 1. The van der Waals surface area contributed by atoms with Gasteiger partial charge in [0.1, 0.15) is 11.9 Å². The Morgan fingerprint density at radius 1 is 1.25 bits per heavy atom. The Hall–Kier alpha value is -2.15. The van der Waals surface area contributed by atoms with Crippen molar-refractivity contribution in [2.24, 2.45) is 0 Å². The van der Waals surface area contributed by atoms with Gasteiger partial charge >= 0.3 is 6.03 Å². The van der Waals surface area contributed by atoms with Gasteiger partial charge in [0.2, 0.25) is 5.91 Å². The van der Waals surface area contributed by atoms with Gasteiger partial charge in [-0.25, -0.2) is 9.18 Å². The Bertz CT molecular complexity index is 624. The summed E-state index contributed by atoms with van der Waals surface area (Å²) in [7, 11) is 1.68. The molecule has 0 aromatic heterocycles. The average Bonchev–Trinajstić information content (AvgIpc) is 2.77. The number of hydrogen-bond donors (Lipinski definition) is 1. The molecule has 2 aliphatic heterocycles. The molecule has 3 amide bonds. The van der Waals surface area contributed by atoms with Crippen molar-refractivity contribution in [2.45, 2.75) is 19.0 Å². The van der Waals surface area contributed by atoms with Gasteiger partial charge < -0.3 is 15.1 Å². The highest BCUT2D eigenvalue weighted by molar-refractivity contribution is 5.90. The molecule has 1 unspecified atom stereocenters. The number of benzene rings is 1. The zero-order valence-electron chi connectivity index (χ0n) is 13.9. The number of halogens is 1. The number of likely N-dealkylation sites (N-methyl/N-ethyl adjacent to an activating group) is 1. The summed E-state index contributed by atoms with van der Waals surface area (Å²) in [5.41, 5.74) is 0.682. The van der Waals surface area contributed by atoms with Crippen LogP contribution in [0.4, 0.5) is 9.18 Å². The first-order valence-electron chi connectivity index (χ1n) is 8.31. The zero-order valence-corrected chi connectivity index (χ0v) is 13.9. The first-order chi connectivity index (χ1) is 11.5. The number of nitrogens with one attached hydrogen (secondary N) is 1. The van der Waals surface area contributed by atoms with Crippen LogP contribution in [-0.2, 0) is 11.3 Å². The maximum Gasteiger partial charge on any atom is 0.317 e. The largest absolute Gasteiger partial charge is 0.340 e. The molecule has 1 aromatic carbocycles. The summed E-state index contributed by atoms with van der Waals surface area (Å²) in [4.78, 5) is 29.6. The summed E-state index contributed by atoms with van der Waals surface area (Å²) in [6.45, 7) is 3.77. The van der Waals surface area contributed by atoms with E-state index in [0.29, 0.717) is 38.3 Å². The summed E-state index contributed by atoms with van der Waals surface area (Å²) in [5, 5.41) is 2.71. The van der Waals surface area contributed by atoms with E-state index in [1.807, 2.05) is 11.0 Å². The van der Waals surface area contributed by atoms with E-state index in [1.54, 1.807) is 19.2 Å². The summed E-state index contributed by atoms with van der Waals surface area (Å²) >= 11 is 0. The van der Waals surface area contributed by atoms with Gasteiger partial charge in [-0.1, -0.05) is 18.2 Å². The molecule has 1 aromatic rings. The molecular weight excluding hydrogens is 311 g/mol. The second kappa shape index (κ2) is 7.17. The summed E-state index contributed by atoms with van der Waals surface area (Å²) < 4.78 is 13.8. The molecule has 0 aliphatic carbocycles. The molecule has 3 rings (SSSR count). The van der Waals surface area contributed by atoms with E-state index in [2.05, 4.69) is 10.2 Å². The molecule has 2 fully saturated rings. The molecule has 1 N–H and O–H groups in total. The lowest BCUT2D eigenvalue weighted by atomic mass is 10.2. The van der Waals surface area contributed by atoms with Gasteiger partial charge in [-0.15, -0.1) is 0 Å². The lowest BCUT2D eigenvalue weighted by Crippen LogP contribution is -2.46. The molecule has 2 saturated heterocycles. The highest BCUT2D eigenvalue weighted by Crippen LogP contribution is 2.13. The number of carbonyl (C=O) groups is 2. The van der Waals surface area contributed by atoms with Crippen LogP contribution in [0, 0.1) is 5.82 Å². The Morgan fingerprint density at radius 2 is 2.04 bits per heavy atom. The standard InChI is InChI=1S/C17H23FN4O2/c1-20-12-15(19-17(20)24)16(23)22-8-4-7-21(9-10-22)11-13-5-2-3-6-14(13)18/h2-3,5-6,15H,4,7-12H2,1H3,(H,19,24). The van der Waals surface area contributed by atoms with Crippen molar-refractivity contribution in [2.75, 3.05) is 39.8 Å². The zero-order chi connectivity index (χ0) is 17.1. The van der Waals surface area contributed by atoms with E-state index >= 15 is 0 Å². The lowest BCUT2D eigenvalue weighted by molar-refractivity contribution is -0.132. The summed E-state index contributed by atoms with van der Waals surface area (Å²) in [6, 6.07) is 6.14. The van der Waals surface area contributed by atoms with Gasteiger partial charge in [-0.3, -0.25) is 9.69 Å². The van der Waals surface area contributed by atoms with E-state index in [4.69, 9.17) is 0 Å². The van der Waals surface area contributed by atoms with Crippen molar-refractivity contribution < 1.29 is 14.0 Å². The van der Waals surface area contributed by atoms with Gasteiger partial charge in [0.25, 0.3) is 0 Å². The van der Waals surface area contributed by atoms with Crippen LogP contribution in [-0.4, -0.2) is 72.5 Å².